The summed E-state index contributed by atoms with van der Waals surface area (Å²) in [6.07, 6.45) is 0.267. The fourth-order valence-electron chi connectivity index (χ4n) is 3.04. The molecule has 1 fully saturated rings. The van der Waals surface area contributed by atoms with Crippen LogP contribution in [-0.2, 0) is 4.79 Å². The molecule has 1 saturated heterocycles. The average molecular weight is 345 g/mol. The van der Waals surface area contributed by atoms with Crippen molar-refractivity contribution < 1.29 is 14.3 Å². The van der Waals surface area contributed by atoms with E-state index < -0.39 is 0 Å². The second-order valence-corrected chi connectivity index (χ2v) is 6.72. The molecule has 2 heterocycles. The van der Waals surface area contributed by atoms with Gasteiger partial charge in [0.1, 0.15) is 11.5 Å². The normalized spacial score (nSPS) is 21.3. The lowest BCUT2D eigenvalue weighted by Crippen LogP contribution is -2.45. The molecule has 0 N–H and O–H groups in total. The summed E-state index contributed by atoms with van der Waals surface area (Å²) in [7, 11) is 5.13. The summed E-state index contributed by atoms with van der Waals surface area (Å²) in [5, 5.41) is 10.5. The molecule has 24 heavy (non-hydrogen) atoms. The third-order valence-electron chi connectivity index (χ3n) is 4.24. The van der Waals surface area contributed by atoms with Crippen LogP contribution in [0.15, 0.2) is 28.8 Å². The van der Waals surface area contributed by atoms with Crippen LogP contribution in [0, 0.1) is 11.3 Å². The van der Waals surface area contributed by atoms with Crippen LogP contribution in [-0.4, -0.2) is 49.5 Å². The van der Waals surface area contributed by atoms with Crippen LogP contribution in [0.1, 0.15) is 17.9 Å². The van der Waals surface area contributed by atoms with Crippen LogP contribution >= 0.6 is 11.8 Å². The first-order valence-electron chi connectivity index (χ1n) is 7.57. The zero-order valence-electron chi connectivity index (χ0n) is 13.9. The number of hydrogen-bond donors (Lipinski definition) is 0. The third-order valence-corrected chi connectivity index (χ3v) is 5.53. The minimum Gasteiger partial charge on any atom is -0.497 e. The molecular weight excluding hydrogens is 326 g/mol. The Morgan fingerprint density at radius 3 is 2.79 bits per heavy atom. The van der Waals surface area contributed by atoms with E-state index in [2.05, 4.69) is 11.0 Å². The summed E-state index contributed by atoms with van der Waals surface area (Å²) in [6, 6.07) is 7.82. The molecule has 1 aromatic rings. The average Bonchev–Trinajstić information content (AvgIpc) is 2.61. The monoisotopic (exact) mass is 345 g/mol. The van der Waals surface area contributed by atoms with Gasteiger partial charge in [0.05, 0.1) is 43.4 Å². The molecule has 0 bridgehead atoms. The maximum absolute atomic E-state index is 12.6. The largest absolute Gasteiger partial charge is 0.497 e. The summed E-state index contributed by atoms with van der Waals surface area (Å²) in [5.74, 6) is 1.82. The first-order valence-corrected chi connectivity index (χ1v) is 8.55. The van der Waals surface area contributed by atoms with Gasteiger partial charge in [-0.15, -0.1) is 0 Å². The Hall–Kier alpha value is -2.17. The second-order valence-electron chi connectivity index (χ2n) is 5.79. The number of methoxy groups -OCH3 is 2. The molecule has 2 aliphatic rings. The van der Waals surface area contributed by atoms with Crippen LogP contribution in [0.3, 0.4) is 0 Å². The number of hydrogen-bond acceptors (Lipinski definition) is 6. The number of thioether (sulfide) groups is 1. The Bertz CT molecular complexity index is 741. The van der Waals surface area contributed by atoms with E-state index in [1.54, 1.807) is 25.2 Å². The standard InChI is InChI=1S/C17H19N3O3S/c1-19-9-20-16(21)7-13(14(8-18)17(20)24-10-19)12-5-4-11(22-2)6-15(12)23-3/h4-6,13H,7,9-10H2,1-3H3/t13-/m1/s1. The van der Waals surface area contributed by atoms with E-state index in [1.165, 1.54) is 11.8 Å². The molecule has 0 spiro atoms. The van der Waals surface area contributed by atoms with Crippen molar-refractivity contribution in [2.45, 2.75) is 12.3 Å². The van der Waals surface area contributed by atoms with Crippen LogP contribution in [0.4, 0.5) is 0 Å². The molecule has 1 amide bonds. The van der Waals surface area contributed by atoms with E-state index >= 15 is 0 Å². The van der Waals surface area contributed by atoms with E-state index in [9.17, 15) is 10.1 Å². The van der Waals surface area contributed by atoms with Crippen molar-refractivity contribution in [2.24, 2.45) is 0 Å². The minimum atomic E-state index is -0.287. The molecule has 3 rings (SSSR count). The minimum absolute atomic E-state index is 0.0333. The zero-order valence-corrected chi connectivity index (χ0v) is 14.7. The van der Waals surface area contributed by atoms with Gasteiger partial charge in [0, 0.05) is 24.0 Å². The fourth-order valence-corrected chi connectivity index (χ4v) is 4.13. The molecular formula is C17H19N3O3S. The van der Waals surface area contributed by atoms with E-state index in [4.69, 9.17) is 9.47 Å². The zero-order chi connectivity index (χ0) is 17.3. The summed E-state index contributed by atoms with van der Waals surface area (Å²) in [4.78, 5) is 16.4. The molecule has 7 heteroatoms. The molecule has 0 unspecified atom stereocenters. The molecule has 0 saturated carbocycles. The van der Waals surface area contributed by atoms with Gasteiger partial charge in [-0.25, -0.2) is 0 Å². The molecule has 1 atom stereocenters. The highest BCUT2D eigenvalue weighted by Crippen LogP contribution is 2.45. The highest BCUT2D eigenvalue weighted by atomic mass is 32.2. The number of ether oxygens (including phenoxy) is 2. The first kappa shape index (κ1) is 16.7. The Morgan fingerprint density at radius 2 is 2.12 bits per heavy atom. The number of nitriles is 1. The quantitative estimate of drug-likeness (QED) is 0.838. The number of carbonyl (C=O) groups is 1. The number of carbonyl (C=O) groups excluding carboxylic acids is 1. The number of benzene rings is 1. The van der Waals surface area contributed by atoms with Crippen molar-refractivity contribution in [3.05, 3.63) is 34.4 Å². The van der Waals surface area contributed by atoms with E-state index in [1.807, 2.05) is 19.2 Å². The van der Waals surface area contributed by atoms with Gasteiger partial charge >= 0.3 is 0 Å². The van der Waals surface area contributed by atoms with Crippen molar-refractivity contribution >= 4 is 17.7 Å². The smallest absolute Gasteiger partial charge is 0.229 e. The maximum atomic E-state index is 12.6. The van der Waals surface area contributed by atoms with Crippen molar-refractivity contribution in [3.63, 3.8) is 0 Å². The predicted octanol–water partition coefficient (Wildman–Crippen LogP) is 2.35. The predicted molar refractivity (Wildman–Crippen MR) is 91.5 cm³/mol. The van der Waals surface area contributed by atoms with Gasteiger partial charge in [0.2, 0.25) is 5.91 Å². The number of nitrogens with zero attached hydrogens (tertiary/aromatic N) is 3. The van der Waals surface area contributed by atoms with Gasteiger partial charge in [-0.1, -0.05) is 17.8 Å². The molecule has 6 nitrogen and oxygen atoms in total. The van der Waals surface area contributed by atoms with Crippen molar-refractivity contribution in [3.8, 4) is 17.6 Å². The van der Waals surface area contributed by atoms with Gasteiger partial charge in [-0.2, -0.15) is 5.26 Å². The number of rotatable bonds is 3. The Morgan fingerprint density at radius 1 is 1.33 bits per heavy atom. The van der Waals surface area contributed by atoms with E-state index in [0.717, 1.165) is 16.5 Å². The van der Waals surface area contributed by atoms with E-state index in [0.29, 0.717) is 23.7 Å². The van der Waals surface area contributed by atoms with Crippen LogP contribution < -0.4 is 9.47 Å². The summed E-state index contributed by atoms with van der Waals surface area (Å²) >= 11 is 1.53. The number of fused-ring (bicyclic) bond motifs is 1. The summed E-state index contributed by atoms with van der Waals surface area (Å²) in [6.45, 7) is 0.527. The third kappa shape index (κ3) is 2.83. The lowest BCUT2D eigenvalue weighted by molar-refractivity contribution is -0.131. The topological polar surface area (TPSA) is 65.8 Å². The molecule has 0 radical (unpaired) electrons. The molecule has 0 aliphatic carbocycles. The van der Waals surface area contributed by atoms with Crippen LogP contribution in [0.5, 0.6) is 11.5 Å². The Kier molecular flexibility index (Phi) is 4.69. The summed E-state index contributed by atoms with van der Waals surface area (Å²) in [5.41, 5.74) is 1.48. The molecule has 2 aliphatic heterocycles. The van der Waals surface area contributed by atoms with Gasteiger partial charge < -0.3 is 9.47 Å². The van der Waals surface area contributed by atoms with Crippen molar-refractivity contribution in [1.29, 1.82) is 5.26 Å². The highest BCUT2D eigenvalue weighted by molar-refractivity contribution is 8.03. The molecule has 1 aromatic carbocycles. The summed E-state index contributed by atoms with van der Waals surface area (Å²) < 4.78 is 10.7. The Balaban J connectivity index is 2.07. The molecule has 126 valence electrons. The second kappa shape index (κ2) is 6.75. The SMILES string of the molecule is COc1ccc([C@H]2CC(=O)N3CN(C)CSC3=C2C#N)c(OC)c1. The van der Waals surface area contributed by atoms with Crippen LogP contribution in [0.2, 0.25) is 0 Å². The van der Waals surface area contributed by atoms with Gasteiger partial charge in [0.25, 0.3) is 0 Å². The number of allylic oxidation sites excluding steroid dienone is 1. The van der Waals surface area contributed by atoms with E-state index in [-0.39, 0.29) is 18.2 Å². The fraction of sp³-hybridized carbons (Fsp3) is 0.412. The van der Waals surface area contributed by atoms with Crippen LogP contribution in [0.25, 0.3) is 0 Å². The lowest BCUT2D eigenvalue weighted by Gasteiger charge is -2.40. The van der Waals surface area contributed by atoms with Gasteiger partial charge in [-0.3, -0.25) is 14.6 Å². The van der Waals surface area contributed by atoms with Crippen molar-refractivity contribution in [2.75, 3.05) is 33.8 Å². The number of amides is 1. The Labute approximate surface area is 145 Å². The van der Waals surface area contributed by atoms with Gasteiger partial charge in [-0.05, 0) is 13.1 Å². The highest BCUT2D eigenvalue weighted by Gasteiger charge is 2.38. The maximum Gasteiger partial charge on any atom is 0.229 e. The van der Waals surface area contributed by atoms with Gasteiger partial charge in [0.15, 0.2) is 0 Å². The molecule has 0 aromatic heterocycles. The van der Waals surface area contributed by atoms with Crippen molar-refractivity contribution in [1.82, 2.24) is 9.80 Å². The first-order chi connectivity index (χ1) is 11.6. The lowest BCUT2D eigenvalue weighted by atomic mass is 9.86.